The van der Waals surface area contributed by atoms with Crippen molar-refractivity contribution in [1.82, 2.24) is 15.4 Å². The van der Waals surface area contributed by atoms with Crippen LogP contribution in [-0.2, 0) is 16.6 Å². The van der Waals surface area contributed by atoms with E-state index in [0.717, 1.165) is 6.26 Å². The maximum atomic E-state index is 10.9. The Hall–Kier alpha value is -1.60. The first-order valence-electron chi connectivity index (χ1n) is 6.86. The molecule has 1 aromatic rings. The summed E-state index contributed by atoms with van der Waals surface area (Å²) in [5.74, 6) is 0.706. The summed E-state index contributed by atoms with van der Waals surface area (Å²) >= 11 is 0. The van der Waals surface area contributed by atoms with Crippen LogP contribution in [0.5, 0.6) is 0 Å². The fraction of sp³-hybridized carbons (Fsp3) is 0.500. The van der Waals surface area contributed by atoms with E-state index in [2.05, 4.69) is 39.4 Å². The summed E-state index contributed by atoms with van der Waals surface area (Å²) in [5.41, 5.74) is 2.46. The second-order valence-corrected chi connectivity index (χ2v) is 6.63. The Labute approximate surface area is 127 Å². The van der Waals surface area contributed by atoms with Crippen molar-refractivity contribution in [3.8, 4) is 0 Å². The molecule has 0 fully saturated rings. The van der Waals surface area contributed by atoms with Crippen molar-refractivity contribution in [3.05, 3.63) is 35.4 Å². The van der Waals surface area contributed by atoms with Crippen LogP contribution in [0.3, 0.4) is 0 Å². The molecule has 0 radical (unpaired) electrons. The number of hydrogen-bond acceptors (Lipinski definition) is 3. The van der Waals surface area contributed by atoms with Crippen molar-refractivity contribution in [2.24, 2.45) is 4.99 Å². The van der Waals surface area contributed by atoms with E-state index in [0.29, 0.717) is 32.0 Å². The number of benzene rings is 1. The lowest BCUT2D eigenvalue weighted by molar-refractivity contribution is 0.584. The second kappa shape index (κ2) is 8.63. The standard InChI is InChI=1S/C14H24N4O2S/c1-12-7-4-5-8-13(12)11-17-14(15-2)16-9-6-10-18-21(3,19)20/h4-5,7-8,18H,6,9-11H2,1-3H3,(H2,15,16,17). The Balaban J connectivity index is 2.28. The van der Waals surface area contributed by atoms with Gasteiger partial charge in [-0.05, 0) is 24.5 Å². The van der Waals surface area contributed by atoms with E-state index >= 15 is 0 Å². The Bertz CT molecular complexity index is 570. The lowest BCUT2D eigenvalue weighted by Crippen LogP contribution is -2.38. The second-order valence-electron chi connectivity index (χ2n) is 4.80. The molecule has 0 bridgehead atoms. The molecular formula is C14H24N4O2S. The summed E-state index contributed by atoms with van der Waals surface area (Å²) < 4.78 is 24.3. The molecule has 0 spiro atoms. The quantitative estimate of drug-likeness (QED) is 0.391. The Morgan fingerprint density at radius 3 is 2.52 bits per heavy atom. The smallest absolute Gasteiger partial charge is 0.208 e. The lowest BCUT2D eigenvalue weighted by atomic mass is 10.1. The molecule has 0 aliphatic heterocycles. The number of nitrogens with zero attached hydrogens (tertiary/aromatic N) is 1. The zero-order valence-corrected chi connectivity index (χ0v) is 13.6. The number of nitrogens with one attached hydrogen (secondary N) is 3. The van der Waals surface area contributed by atoms with E-state index in [4.69, 9.17) is 0 Å². The zero-order valence-electron chi connectivity index (χ0n) is 12.8. The van der Waals surface area contributed by atoms with Gasteiger partial charge in [0.15, 0.2) is 5.96 Å². The summed E-state index contributed by atoms with van der Waals surface area (Å²) in [4.78, 5) is 4.13. The first-order chi connectivity index (χ1) is 9.92. The van der Waals surface area contributed by atoms with Gasteiger partial charge in [0, 0.05) is 26.7 Å². The minimum absolute atomic E-state index is 0.417. The molecule has 118 valence electrons. The molecule has 0 heterocycles. The van der Waals surface area contributed by atoms with Gasteiger partial charge in [0.05, 0.1) is 6.26 Å². The maximum absolute atomic E-state index is 10.9. The molecule has 0 amide bonds. The van der Waals surface area contributed by atoms with Crippen molar-refractivity contribution < 1.29 is 8.42 Å². The Kier molecular flexibility index (Phi) is 7.18. The topological polar surface area (TPSA) is 82.6 Å². The number of guanidine groups is 1. The monoisotopic (exact) mass is 312 g/mol. The van der Waals surface area contributed by atoms with Crippen LogP contribution in [0.2, 0.25) is 0 Å². The van der Waals surface area contributed by atoms with Gasteiger partial charge in [0.1, 0.15) is 0 Å². The summed E-state index contributed by atoms with van der Waals surface area (Å²) in [6.45, 7) is 3.84. The van der Waals surface area contributed by atoms with Crippen LogP contribution < -0.4 is 15.4 Å². The molecule has 0 saturated heterocycles. The first-order valence-corrected chi connectivity index (χ1v) is 8.75. The van der Waals surface area contributed by atoms with Gasteiger partial charge < -0.3 is 10.6 Å². The van der Waals surface area contributed by atoms with Gasteiger partial charge in [-0.3, -0.25) is 4.99 Å². The minimum Gasteiger partial charge on any atom is -0.356 e. The molecule has 0 unspecified atom stereocenters. The highest BCUT2D eigenvalue weighted by Gasteiger charge is 2.01. The van der Waals surface area contributed by atoms with E-state index < -0.39 is 10.0 Å². The molecule has 0 aliphatic carbocycles. The number of hydrogen-bond donors (Lipinski definition) is 3. The van der Waals surface area contributed by atoms with Gasteiger partial charge >= 0.3 is 0 Å². The molecule has 1 rings (SSSR count). The molecule has 1 aromatic carbocycles. The van der Waals surface area contributed by atoms with Gasteiger partial charge in [-0.2, -0.15) is 0 Å². The third-order valence-electron chi connectivity index (χ3n) is 2.94. The van der Waals surface area contributed by atoms with E-state index in [-0.39, 0.29) is 0 Å². The normalized spacial score (nSPS) is 12.2. The van der Waals surface area contributed by atoms with Crippen LogP contribution in [0.4, 0.5) is 0 Å². The van der Waals surface area contributed by atoms with Gasteiger partial charge in [0.25, 0.3) is 0 Å². The van der Waals surface area contributed by atoms with E-state index in [1.54, 1.807) is 7.05 Å². The lowest BCUT2D eigenvalue weighted by Gasteiger charge is -2.13. The Morgan fingerprint density at radius 1 is 1.19 bits per heavy atom. The van der Waals surface area contributed by atoms with E-state index in [9.17, 15) is 8.42 Å². The number of aryl methyl sites for hydroxylation is 1. The average Bonchev–Trinajstić information content (AvgIpc) is 2.42. The predicted molar refractivity (Wildman–Crippen MR) is 86.8 cm³/mol. The molecule has 0 aliphatic rings. The highest BCUT2D eigenvalue weighted by Crippen LogP contribution is 2.05. The highest BCUT2D eigenvalue weighted by molar-refractivity contribution is 7.88. The fourth-order valence-electron chi connectivity index (χ4n) is 1.76. The molecule has 0 atom stereocenters. The third-order valence-corrected chi connectivity index (χ3v) is 3.67. The number of aliphatic imine (C=N–C) groups is 1. The highest BCUT2D eigenvalue weighted by atomic mass is 32.2. The molecule has 21 heavy (non-hydrogen) atoms. The molecule has 7 heteroatoms. The third kappa shape index (κ3) is 7.67. The number of sulfonamides is 1. The van der Waals surface area contributed by atoms with Crippen LogP contribution in [0.25, 0.3) is 0 Å². The van der Waals surface area contributed by atoms with Crippen molar-refractivity contribution in [2.45, 2.75) is 19.9 Å². The van der Waals surface area contributed by atoms with Gasteiger partial charge in [-0.15, -0.1) is 0 Å². The summed E-state index contributed by atoms with van der Waals surface area (Å²) in [6, 6.07) is 8.17. The molecule has 0 saturated carbocycles. The SMILES string of the molecule is CN=C(NCCCNS(C)(=O)=O)NCc1ccccc1C. The summed E-state index contributed by atoms with van der Waals surface area (Å²) in [7, 11) is -1.39. The van der Waals surface area contributed by atoms with Crippen molar-refractivity contribution in [3.63, 3.8) is 0 Å². The van der Waals surface area contributed by atoms with Crippen molar-refractivity contribution in [2.75, 3.05) is 26.4 Å². The fourth-order valence-corrected chi connectivity index (χ4v) is 2.28. The van der Waals surface area contributed by atoms with E-state index in [1.165, 1.54) is 11.1 Å². The summed E-state index contributed by atoms with van der Waals surface area (Å²) in [5, 5.41) is 6.38. The van der Waals surface area contributed by atoms with E-state index in [1.807, 2.05) is 12.1 Å². The van der Waals surface area contributed by atoms with Gasteiger partial charge in [-0.1, -0.05) is 24.3 Å². The van der Waals surface area contributed by atoms with Crippen molar-refractivity contribution in [1.29, 1.82) is 0 Å². The first kappa shape index (κ1) is 17.5. The summed E-state index contributed by atoms with van der Waals surface area (Å²) in [6.07, 6.45) is 1.85. The van der Waals surface area contributed by atoms with Crippen LogP contribution in [-0.4, -0.2) is 40.8 Å². The van der Waals surface area contributed by atoms with Crippen LogP contribution in [0.1, 0.15) is 17.5 Å². The molecular weight excluding hydrogens is 288 g/mol. The van der Waals surface area contributed by atoms with Crippen LogP contribution in [0.15, 0.2) is 29.3 Å². The molecule has 6 nitrogen and oxygen atoms in total. The number of rotatable bonds is 7. The predicted octanol–water partition coefficient (Wildman–Crippen LogP) is 0.599. The average molecular weight is 312 g/mol. The van der Waals surface area contributed by atoms with Gasteiger partial charge in [0.2, 0.25) is 10.0 Å². The zero-order chi connectivity index (χ0) is 15.7. The van der Waals surface area contributed by atoms with Crippen LogP contribution >= 0.6 is 0 Å². The minimum atomic E-state index is -3.11. The van der Waals surface area contributed by atoms with Crippen molar-refractivity contribution >= 4 is 16.0 Å². The largest absolute Gasteiger partial charge is 0.356 e. The Morgan fingerprint density at radius 2 is 1.90 bits per heavy atom. The van der Waals surface area contributed by atoms with Crippen LogP contribution in [0, 0.1) is 6.92 Å². The van der Waals surface area contributed by atoms with Gasteiger partial charge in [-0.25, -0.2) is 13.1 Å². The molecule has 3 N–H and O–H groups in total. The maximum Gasteiger partial charge on any atom is 0.208 e. The molecule has 0 aromatic heterocycles.